The van der Waals surface area contributed by atoms with Crippen molar-refractivity contribution in [1.82, 2.24) is 10.3 Å². The first kappa shape index (κ1) is 22.1. The van der Waals surface area contributed by atoms with Crippen LogP contribution in [0.1, 0.15) is 0 Å². The molecule has 0 saturated heterocycles. The van der Waals surface area contributed by atoms with Crippen LogP contribution in [0.2, 0.25) is 0 Å². The Kier molecular flexibility index (Phi) is 6.51. The topological polar surface area (TPSA) is 75.7 Å². The Bertz CT molecular complexity index is 1410. The summed E-state index contributed by atoms with van der Waals surface area (Å²) >= 11 is 0. The van der Waals surface area contributed by atoms with E-state index >= 15 is 0 Å². The molecule has 5 rings (SSSR count). The Labute approximate surface area is 198 Å². The van der Waals surface area contributed by atoms with Crippen molar-refractivity contribution in [3.05, 3.63) is 78.9 Å². The molecule has 0 bridgehead atoms. The molecule has 0 saturated carbocycles. The van der Waals surface area contributed by atoms with E-state index in [1.165, 1.54) is 0 Å². The highest BCUT2D eigenvalue weighted by Gasteiger charge is 2.12. The third kappa shape index (κ3) is 4.64. The van der Waals surface area contributed by atoms with Gasteiger partial charge in [-0.3, -0.25) is 0 Å². The molecule has 0 fully saturated rings. The second kappa shape index (κ2) is 10.0. The lowest BCUT2D eigenvalue weighted by Gasteiger charge is -2.15. The molecule has 6 nitrogen and oxygen atoms in total. The average Bonchev–Trinajstić information content (AvgIpc) is 3.26. The van der Waals surface area contributed by atoms with Crippen LogP contribution in [0.25, 0.3) is 32.6 Å². The molecule has 34 heavy (non-hydrogen) atoms. The predicted molar refractivity (Wildman–Crippen MR) is 136 cm³/mol. The van der Waals surface area contributed by atoms with Crippen molar-refractivity contribution >= 4 is 32.6 Å². The lowest BCUT2D eigenvalue weighted by Crippen LogP contribution is -2.33. The van der Waals surface area contributed by atoms with Crippen LogP contribution in [0.15, 0.2) is 78.9 Å². The third-order valence-corrected chi connectivity index (χ3v) is 5.87. The number of aliphatic hydroxyl groups excluding tert-OH is 1. The van der Waals surface area contributed by atoms with E-state index in [9.17, 15) is 5.11 Å². The second-order valence-corrected chi connectivity index (χ2v) is 8.22. The lowest BCUT2D eigenvalue weighted by atomic mass is 10.1. The molecule has 1 atom stereocenters. The summed E-state index contributed by atoms with van der Waals surface area (Å²) in [6.45, 7) is 1.65. The van der Waals surface area contributed by atoms with E-state index < -0.39 is 6.10 Å². The van der Waals surface area contributed by atoms with E-state index in [2.05, 4.69) is 16.4 Å². The number of para-hydroxylation sites is 1. The van der Waals surface area contributed by atoms with Crippen LogP contribution in [0.3, 0.4) is 0 Å². The number of hydrogen-bond donors (Lipinski definition) is 3. The first-order valence-electron chi connectivity index (χ1n) is 11.4. The number of fused-ring (bicyclic) bond motifs is 4. The van der Waals surface area contributed by atoms with Gasteiger partial charge in [0.25, 0.3) is 0 Å². The molecule has 4 aromatic carbocycles. The minimum Gasteiger partial charge on any atom is -0.493 e. The van der Waals surface area contributed by atoms with Gasteiger partial charge in [0.2, 0.25) is 0 Å². The number of methoxy groups -OCH3 is 1. The van der Waals surface area contributed by atoms with Gasteiger partial charge in [0, 0.05) is 29.4 Å². The number of hydrogen-bond acceptors (Lipinski definition) is 5. The third-order valence-electron chi connectivity index (χ3n) is 5.87. The summed E-state index contributed by atoms with van der Waals surface area (Å²) in [6.07, 6.45) is -0.643. The molecule has 0 amide bonds. The van der Waals surface area contributed by atoms with Crippen LogP contribution in [0, 0.1) is 0 Å². The first-order chi connectivity index (χ1) is 16.7. The number of rotatable bonds is 10. The molecule has 0 aliphatic heterocycles. The summed E-state index contributed by atoms with van der Waals surface area (Å²) in [5, 5.41) is 18.0. The largest absolute Gasteiger partial charge is 0.493 e. The molecule has 1 heterocycles. The van der Waals surface area contributed by atoms with Gasteiger partial charge in [-0.05, 0) is 41.1 Å². The number of aromatic nitrogens is 1. The molecular weight excluding hydrogens is 428 g/mol. The second-order valence-electron chi connectivity index (χ2n) is 8.22. The van der Waals surface area contributed by atoms with Crippen molar-refractivity contribution in [3.8, 4) is 17.2 Å². The van der Waals surface area contributed by atoms with Crippen molar-refractivity contribution in [3.63, 3.8) is 0 Å². The lowest BCUT2D eigenvalue weighted by molar-refractivity contribution is 0.106. The standard InChI is InChI=1S/C28H28N2O4/c1-32-26-15-19-7-2-3-8-20(19)16-27(26)33-14-13-29-17-21(31)18-34-25-12-6-11-24-28(25)22-9-4-5-10-23(22)30-24/h2-12,15-16,21,29-31H,13-14,17-18H2,1H3. The maximum absolute atomic E-state index is 10.4. The van der Waals surface area contributed by atoms with Gasteiger partial charge in [0.15, 0.2) is 11.5 Å². The first-order valence-corrected chi connectivity index (χ1v) is 11.4. The predicted octanol–water partition coefficient (Wildman–Crippen LogP) is 4.89. The zero-order valence-corrected chi connectivity index (χ0v) is 19.1. The molecule has 174 valence electrons. The fraction of sp³-hybridized carbons (Fsp3) is 0.214. The molecule has 1 unspecified atom stereocenters. The van der Waals surface area contributed by atoms with Crippen LogP contribution >= 0.6 is 0 Å². The van der Waals surface area contributed by atoms with E-state index in [0.717, 1.165) is 38.3 Å². The molecule has 0 radical (unpaired) electrons. The highest BCUT2D eigenvalue weighted by molar-refractivity contribution is 6.10. The summed E-state index contributed by atoms with van der Waals surface area (Å²) in [6, 6.07) is 26.1. The van der Waals surface area contributed by atoms with Gasteiger partial charge >= 0.3 is 0 Å². The van der Waals surface area contributed by atoms with Crippen LogP contribution < -0.4 is 19.5 Å². The Morgan fingerprint density at radius 2 is 1.56 bits per heavy atom. The number of aliphatic hydroxyl groups is 1. The minimum absolute atomic E-state index is 0.199. The van der Waals surface area contributed by atoms with Crippen LogP contribution in [-0.4, -0.2) is 49.6 Å². The number of ether oxygens (including phenoxy) is 3. The van der Waals surface area contributed by atoms with Crippen molar-refractivity contribution in [1.29, 1.82) is 0 Å². The number of benzene rings is 4. The molecule has 6 heteroatoms. The van der Waals surface area contributed by atoms with E-state index in [1.54, 1.807) is 7.11 Å². The quantitative estimate of drug-likeness (QED) is 0.261. The van der Waals surface area contributed by atoms with Crippen molar-refractivity contribution in [2.75, 3.05) is 33.4 Å². The van der Waals surface area contributed by atoms with Gasteiger partial charge in [0.1, 0.15) is 25.1 Å². The fourth-order valence-corrected chi connectivity index (χ4v) is 4.21. The molecule has 0 aliphatic carbocycles. The zero-order chi connectivity index (χ0) is 23.3. The van der Waals surface area contributed by atoms with E-state index in [1.807, 2.05) is 72.8 Å². The van der Waals surface area contributed by atoms with Gasteiger partial charge in [0.05, 0.1) is 12.6 Å². The SMILES string of the molecule is COc1cc2ccccc2cc1OCCNCC(O)COc1cccc2[nH]c3ccccc3c12. The monoisotopic (exact) mass is 456 g/mol. The van der Waals surface area contributed by atoms with E-state index in [-0.39, 0.29) is 6.61 Å². The van der Waals surface area contributed by atoms with Gasteiger partial charge in [-0.25, -0.2) is 0 Å². The minimum atomic E-state index is -0.643. The van der Waals surface area contributed by atoms with Crippen molar-refractivity contribution in [2.45, 2.75) is 6.10 Å². The smallest absolute Gasteiger partial charge is 0.161 e. The summed E-state index contributed by atoms with van der Waals surface area (Å²) < 4.78 is 17.4. The Balaban J connectivity index is 1.12. The Morgan fingerprint density at radius 3 is 2.38 bits per heavy atom. The Hall–Kier alpha value is -3.74. The van der Waals surface area contributed by atoms with Crippen LogP contribution in [0.5, 0.6) is 17.2 Å². The zero-order valence-electron chi connectivity index (χ0n) is 19.1. The van der Waals surface area contributed by atoms with Crippen LogP contribution in [0.4, 0.5) is 0 Å². The summed E-state index contributed by atoms with van der Waals surface area (Å²) in [5.74, 6) is 2.18. The number of H-pyrrole nitrogens is 1. The maximum atomic E-state index is 10.4. The summed E-state index contributed by atoms with van der Waals surface area (Å²) in [4.78, 5) is 3.41. The van der Waals surface area contributed by atoms with Crippen LogP contribution in [-0.2, 0) is 0 Å². The average molecular weight is 457 g/mol. The number of aromatic amines is 1. The molecule has 5 aromatic rings. The van der Waals surface area contributed by atoms with Gasteiger partial charge in [-0.2, -0.15) is 0 Å². The van der Waals surface area contributed by atoms with Crippen molar-refractivity contribution in [2.24, 2.45) is 0 Å². The Morgan fingerprint density at radius 1 is 0.824 bits per heavy atom. The van der Waals surface area contributed by atoms with Gasteiger partial charge in [-0.15, -0.1) is 0 Å². The van der Waals surface area contributed by atoms with Gasteiger partial charge in [-0.1, -0.05) is 48.5 Å². The van der Waals surface area contributed by atoms with E-state index in [4.69, 9.17) is 14.2 Å². The summed E-state index contributed by atoms with van der Waals surface area (Å²) in [7, 11) is 1.64. The molecular formula is C28H28N2O4. The molecule has 1 aromatic heterocycles. The van der Waals surface area contributed by atoms with Crippen molar-refractivity contribution < 1.29 is 19.3 Å². The number of nitrogens with one attached hydrogen (secondary N) is 2. The summed E-state index contributed by atoms with van der Waals surface area (Å²) in [5.41, 5.74) is 2.09. The maximum Gasteiger partial charge on any atom is 0.161 e. The molecule has 3 N–H and O–H groups in total. The van der Waals surface area contributed by atoms with E-state index in [0.29, 0.717) is 31.2 Å². The molecule has 0 spiro atoms. The highest BCUT2D eigenvalue weighted by atomic mass is 16.5. The normalized spacial score (nSPS) is 12.3. The molecule has 0 aliphatic rings. The van der Waals surface area contributed by atoms with Gasteiger partial charge < -0.3 is 29.6 Å². The fourth-order valence-electron chi connectivity index (χ4n) is 4.21. The highest BCUT2D eigenvalue weighted by Crippen LogP contribution is 2.33.